The van der Waals surface area contributed by atoms with Gasteiger partial charge in [0.15, 0.2) is 4.34 Å². The van der Waals surface area contributed by atoms with E-state index in [1.165, 1.54) is 23.1 Å². The number of aryl methyl sites for hydroxylation is 1. The van der Waals surface area contributed by atoms with Crippen LogP contribution in [0.2, 0.25) is 0 Å². The van der Waals surface area contributed by atoms with Crippen molar-refractivity contribution in [2.45, 2.75) is 11.3 Å². The van der Waals surface area contributed by atoms with Gasteiger partial charge in [0.05, 0.1) is 5.75 Å². The van der Waals surface area contributed by atoms with Crippen LogP contribution in [0.25, 0.3) is 12.2 Å². The molecule has 1 heterocycles. The van der Waals surface area contributed by atoms with Crippen molar-refractivity contribution in [1.82, 2.24) is 10.2 Å². The molecular weight excluding hydrogens is 350 g/mol. The Hall–Kier alpha value is -2.44. The van der Waals surface area contributed by atoms with Crippen molar-refractivity contribution in [3.8, 4) is 0 Å². The van der Waals surface area contributed by atoms with Gasteiger partial charge < -0.3 is 5.32 Å². The van der Waals surface area contributed by atoms with Gasteiger partial charge in [-0.05, 0) is 30.2 Å². The summed E-state index contributed by atoms with van der Waals surface area (Å²) < 4.78 is 0.814. The molecule has 1 aromatic heterocycles. The minimum Gasteiger partial charge on any atom is -0.325 e. The summed E-state index contributed by atoms with van der Waals surface area (Å²) in [5.41, 5.74) is 3.03. The molecule has 0 radical (unpaired) electrons. The Labute approximate surface area is 155 Å². The molecule has 3 aromatic rings. The van der Waals surface area contributed by atoms with Crippen LogP contribution < -0.4 is 5.32 Å². The molecule has 0 aliphatic rings. The van der Waals surface area contributed by atoms with Crippen LogP contribution in [0.5, 0.6) is 0 Å². The quantitative estimate of drug-likeness (QED) is 0.505. The number of nitrogens with one attached hydrogen (secondary N) is 1. The minimum atomic E-state index is -0.0505. The first-order valence-corrected chi connectivity index (χ1v) is 9.55. The third-order valence-electron chi connectivity index (χ3n) is 3.30. The maximum atomic E-state index is 12.0. The van der Waals surface area contributed by atoms with E-state index in [2.05, 4.69) is 39.8 Å². The van der Waals surface area contributed by atoms with Gasteiger partial charge in [0.25, 0.3) is 0 Å². The van der Waals surface area contributed by atoms with Crippen molar-refractivity contribution >= 4 is 46.8 Å². The predicted octanol–water partition coefficient (Wildman–Crippen LogP) is 4.75. The molecule has 6 heteroatoms. The average Bonchev–Trinajstić information content (AvgIpc) is 3.06. The zero-order valence-electron chi connectivity index (χ0n) is 13.7. The number of amides is 1. The fraction of sp³-hybridized carbons (Fsp3) is 0.105. The summed E-state index contributed by atoms with van der Waals surface area (Å²) in [6, 6.07) is 17.9. The number of rotatable bonds is 6. The van der Waals surface area contributed by atoms with Crippen LogP contribution in [-0.4, -0.2) is 21.9 Å². The fourth-order valence-corrected chi connectivity index (χ4v) is 3.71. The number of hydrogen-bond donors (Lipinski definition) is 1. The summed E-state index contributed by atoms with van der Waals surface area (Å²) in [5.74, 6) is 0.273. The molecule has 25 heavy (non-hydrogen) atoms. The second kappa shape index (κ2) is 8.60. The van der Waals surface area contributed by atoms with E-state index in [-0.39, 0.29) is 5.91 Å². The van der Waals surface area contributed by atoms with Crippen molar-refractivity contribution < 1.29 is 4.79 Å². The third kappa shape index (κ3) is 5.55. The molecule has 0 atom stereocenters. The van der Waals surface area contributed by atoms with E-state index in [1.54, 1.807) is 0 Å². The highest BCUT2D eigenvalue weighted by atomic mass is 32.2. The molecule has 1 N–H and O–H groups in total. The molecule has 126 valence electrons. The number of nitrogens with zero attached hydrogens (tertiary/aromatic N) is 2. The fourth-order valence-electron chi connectivity index (χ4n) is 2.10. The standard InChI is InChI=1S/C19H17N3OS2/c1-14-21-22-19(25-14)24-13-18(23)20-17-11-9-16(10-12-17)8-7-15-5-3-2-4-6-15/h2-12H,13H2,1H3,(H,20,23)/b8-7+. The topological polar surface area (TPSA) is 54.9 Å². The van der Waals surface area contributed by atoms with Gasteiger partial charge in [0.1, 0.15) is 5.01 Å². The van der Waals surface area contributed by atoms with Crippen molar-refractivity contribution in [3.63, 3.8) is 0 Å². The molecule has 4 nitrogen and oxygen atoms in total. The molecule has 0 bridgehead atoms. The van der Waals surface area contributed by atoms with Crippen molar-refractivity contribution in [2.24, 2.45) is 0 Å². The number of carbonyl (C=O) groups excluding carboxylic acids is 1. The molecule has 0 unspecified atom stereocenters. The third-order valence-corrected chi connectivity index (χ3v) is 5.27. The van der Waals surface area contributed by atoms with Gasteiger partial charge in [-0.15, -0.1) is 10.2 Å². The SMILES string of the molecule is Cc1nnc(SCC(=O)Nc2ccc(/C=C/c3ccccc3)cc2)s1. The molecule has 0 aliphatic carbocycles. The van der Waals surface area contributed by atoms with Crippen molar-refractivity contribution in [2.75, 3.05) is 11.1 Å². The smallest absolute Gasteiger partial charge is 0.234 e. The summed E-state index contributed by atoms with van der Waals surface area (Å²) in [6.45, 7) is 1.90. The zero-order valence-corrected chi connectivity index (χ0v) is 15.3. The normalized spacial score (nSPS) is 10.9. The van der Waals surface area contributed by atoms with E-state index in [1.807, 2.05) is 49.4 Å². The maximum absolute atomic E-state index is 12.0. The van der Waals surface area contributed by atoms with Crippen LogP contribution in [0.1, 0.15) is 16.1 Å². The molecule has 0 saturated heterocycles. The number of anilines is 1. The number of carbonyl (C=O) groups is 1. The Bertz CT molecular complexity index is 858. The Morgan fingerprint density at radius 2 is 1.72 bits per heavy atom. The molecule has 2 aromatic carbocycles. The zero-order chi connectivity index (χ0) is 17.5. The molecular formula is C19H17N3OS2. The molecule has 0 aliphatic heterocycles. The van der Waals surface area contributed by atoms with Crippen LogP contribution in [0.15, 0.2) is 58.9 Å². The molecule has 1 amide bonds. The van der Waals surface area contributed by atoms with Gasteiger partial charge in [0.2, 0.25) is 5.91 Å². The van der Waals surface area contributed by atoms with Crippen LogP contribution in [0, 0.1) is 6.92 Å². The van der Waals surface area contributed by atoms with Gasteiger partial charge in [-0.1, -0.05) is 77.7 Å². The predicted molar refractivity (Wildman–Crippen MR) is 106 cm³/mol. The lowest BCUT2D eigenvalue weighted by Crippen LogP contribution is -2.13. The van der Waals surface area contributed by atoms with Crippen LogP contribution in [0.3, 0.4) is 0 Å². The Kier molecular flexibility index (Phi) is 5.98. The lowest BCUT2D eigenvalue weighted by molar-refractivity contribution is -0.113. The minimum absolute atomic E-state index is 0.0505. The lowest BCUT2D eigenvalue weighted by Gasteiger charge is -2.04. The number of aromatic nitrogens is 2. The van der Waals surface area contributed by atoms with E-state index in [0.29, 0.717) is 5.75 Å². The lowest BCUT2D eigenvalue weighted by atomic mass is 10.1. The first kappa shape index (κ1) is 17.4. The molecule has 3 rings (SSSR count). The first-order chi connectivity index (χ1) is 12.2. The monoisotopic (exact) mass is 367 g/mol. The Balaban J connectivity index is 1.51. The summed E-state index contributed by atoms with van der Waals surface area (Å²) in [6.07, 6.45) is 4.11. The summed E-state index contributed by atoms with van der Waals surface area (Å²) in [7, 11) is 0. The first-order valence-electron chi connectivity index (χ1n) is 7.75. The van der Waals surface area contributed by atoms with Gasteiger partial charge in [0, 0.05) is 5.69 Å². The van der Waals surface area contributed by atoms with E-state index in [0.717, 1.165) is 26.2 Å². The Morgan fingerprint density at radius 3 is 2.36 bits per heavy atom. The number of benzene rings is 2. The summed E-state index contributed by atoms with van der Waals surface area (Å²) in [5, 5.41) is 11.7. The van der Waals surface area contributed by atoms with Crippen LogP contribution in [0.4, 0.5) is 5.69 Å². The second-order valence-corrected chi connectivity index (χ2v) is 7.69. The van der Waals surface area contributed by atoms with Gasteiger partial charge in [-0.2, -0.15) is 0 Å². The average molecular weight is 367 g/mol. The highest BCUT2D eigenvalue weighted by molar-refractivity contribution is 8.01. The van der Waals surface area contributed by atoms with E-state index >= 15 is 0 Å². The van der Waals surface area contributed by atoms with Crippen molar-refractivity contribution in [3.05, 3.63) is 70.7 Å². The van der Waals surface area contributed by atoms with E-state index in [4.69, 9.17) is 0 Å². The Morgan fingerprint density at radius 1 is 1.04 bits per heavy atom. The second-order valence-electron chi connectivity index (χ2n) is 5.29. The van der Waals surface area contributed by atoms with Crippen LogP contribution >= 0.6 is 23.1 Å². The maximum Gasteiger partial charge on any atom is 0.234 e. The van der Waals surface area contributed by atoms with Crippen LogP contribution in [-0.2, 0) is 4.79 Å². The van der Waals surface area contributed by atoms with Gasteiger partial charge in [-0.25, -0.2) is 0 Å². The van der Waals surface area contributed by atoms with E-state index in [9.17, 15) is 4.79 Å². The van der Waals surface area contributed by atoms with E-state index < -0.39 is 0 Å². The van der Waals surface area contributed by atoms with Crippen molar-refractivity contribution in [1.29, 1.82) is 0 Å². The largest absolute Gasteiger partial charge is 0.325 e. The van der Waals surface area contributed by atoms with Gasteiger partial charge in [-0.3, -0.25) is 4.79 Å². The summed E-state index contributed by atoms with van der Waals surface area (Å²) >= 11 is 2.89. The molecule has 0 saturated carbocycles. The number of hydrogen-bond acceptors (Lipinski definition) is 5. The highest BCUT2D eigenvalue weighted by Gasteiger charge is 2.06. The van der Waals surface area contributed by atoms with Gasteiger partial charge >= 0.3 is 0 Å². The number of thioether (sulfide) groups is 1. The molecule has 0 spiro atoms. The summed E-state index contributed by atoms with van der Waals surface area (Å²) in [4.78, 5) is 12.0. The molecule has 0 fully saturated rings. The highest BCUT2D eigenvalue weighted by Crippen LogP contribution is 2.22.